The van der Waals surface area contributed by atoms with Crippen LogP contribution in [-0.2, 0) is 15.7 Å². The van der Waals surface area contributed by atoms with Gasteiger partial charge in [-0.05, 0) is 42.3 Å². The van der Waals surface area contributed by atoms with Gasteiger partial charge in [0.1, 0.15) is 0 Å². The Morgan fingerprint density at radius 1 is 1.25 bits per heavy atom. The highest BCUT2D eigenvalue weighted by Gasteiger charge is 2.43. The van der Waals surface area contributed by atoms with E-state index in [-0.39, 0.29) is 16.9 Å². The Hall–Kier alpha value is -1.35. The molecule has 0 heterocycles. The average molecular weight is 274 g/mol. The van der Waals surface area contributed by atoms with E-state index in [0.717, 1.165) is 25.8 Å². The predicted molar refractivity (Wildman–Crippen MR) is 82.5 cm³/mol. The van der Waals surface area contributed by atoms with E-state index in [1.807, 2.05) is 0 Å². The van der Waals surface area contributed by atoms with Gasteiger partial charge >= 0.3 is 0 Å². The van der Waals surface area contributed by atoms with Crippen molar-refractivity contribution >= 4 is 5.91 Å². The summed E-state index contributed by atoms with van der Waals surface area (Å²) in [4.78, 5) is 11.6. The third-order valence-electron chi connectivity index (χ3n) is 4.54. The fourth-order valence-corrected chi connectivity index (χ4v) is 3.38. The van der Waals surface area contributed by atoms with Gasteiger partial charge in [-0.1, -0.05) is 45.0 Å². The van der Waals surface area contributed by atoms with E-state index in [0.29, 0.717) is 6.42 Å². The van der Waals surface area contributed by atoms with Crippen molar-refractivity contribution in [3.05, 3.63) is 35.4 Å². The van der Waals surface area contributed by atoms with E-state index < -0.39 is 0 Å². The minimum absolute atomic E-state index is 0.158. The van der Waals surface area contributed by atoms with Gasteiger partial charge < -0.3 is 11.1 Å². The number of benzene rings is 1. The van der Waals surface area contributed by atoms with Crippen molar-refractivity contribution in [2.24, 2.45) is 5.73 Å². The predicted octanol–water partition coefficient (Wildman–Crippen LogP) is 2.83. The Kier molecular flexibility index (Phi) is 4.19. The molecule has 1 atom stereocenters. The first-order valence-corrected chi connectivity index (χ1v) is 7.55. The minimum atomic E-state index is -0.284. The molecule has 1 aromatic rings. The second kappa shape index (κ2) is 5.57. The van der Waals surface area contributed by atoms with Gasteiger partial charge in [0, 0.05) is 6.42 Å². The number of primary amides is 1. The normalized spacial score (nSPS) is 24.1. The Morgan fingerprint density at radius 3 is 2.50 bits per heavy atom. The quantitative estimate of drug-likeness (QED) is 0.867. The molecule has 3 heteroatoms. The summed E-state index contributed by atoms with van der Waals surface area (Å²) in [5.74, 6) is -0.233. The van der Waals surface area contributed by atoms with Gasteiger partial charge in [-0.25, -0.2) is 0 Å². The second-order valence-corrected chi connectivity index (χ2v) is 6.58. The topological polar surface area (TPSA) is 55.1 Å². The molecule has 1 unspecified atom stereocenters. The third-order valence-corrected chi connectivity index (χ3v) is 4.54. The molecule has 0 fully saturated rings. The van der Waals surface area contributed by atoms with Crippen LogP contribution in [0.25, 0.3) is 0 Å². The number of carbonyl (C=O) groups is 1. The van der Waals surface area contributed by atoms with Crippen molar-refractivity contribution in [3.63, 3.8) is 0 Å². The molecule has 0 aliphatic heterocycles. The molecule has 0 aromatic heterocycles. The van der Waals surface area contributed by atoms with Gasteiger partial charge in [-0.15, -0.1) is 0 Å². The number of carbonyl (C=O) groups excluding carboxylic acids is 1. The van der Waals surface area contributed by atoms with Crippen molar-refractivity contribution in [1.29, 1.82) is 0 Å². The van der Waals surface area contributed by atoms with E-state index in [9.17, 15) is 4.79 Å². The lowest BCUT2D eigenvalue weighted by Crippen LogP contribution is -2.50. The van der Waals surface area contributed by atoms with Crippen LogP contribution < -0.4 is 11.1 Å². The van der Waals surface area contributed by atoms with Gasteiger partial charge in [0.2, 0.25) is 5.91 Å². The number of fused-ring (bicyclic) bond motifs is 1. The summed E-state index contributed by atoms with van der Waals surface area (Å²) in [5, 5.41) is 3.61. The molecular weight excluding hydrogens is 248 g/mol. The van der Waals surface area contributed by atoms with Gasteiger partial charge in [0.25, 0.3) is 0 Å². The van der Waals surface area contributed by atoms with Gasteiger partial charge in [0.05, 0.1) is 5.54 Å². The van der Waals surface area contributed by atoms with Crippen LogP contribution in [0.2, 0.25) is 0 Å². The molecule has 0 radical (unpaired) electrons. The standard InChI is InChI=1S/C17H26N2O/c1-4-11-19-17(12-15(18)20)10-9-16(2,3)13-7-5-6-8-14(13)17/h5-8,19H,4,9-12H2,1-3H3,(H2,18,20). The zero-order valence-corrected chi connectivity index (χ0v) is 12.8. The van der Waals surface area contributed by atoms with Crippen molar-refractivity contribution in [2.45, 2.75) is 57.4 Å². The van der Waals surface area contributed by atoms with Crippen LogP contribution in [0.3, 0.4) is 0 Å². The van der Waals surface area contributed by atoms with E-state index in [1.165, 1.54) is 11.1 Å². The van der Waals surface area contributed by atoms with Crippen molar-refractivity contribution in [3.8, 4) is 0 Å². The van der Waals surface area contributed by atoms with Crippen molar-refractivity contribution in [1.82, 2.24) is 5.32 Å². The molecule has 2 rings (SSSR count). The Labute approximate surface area is 121 Å². The highest BCUT2D eigenvalue weighted by Crippen LogP contribution is 2.46. The molecule has 1 aliphatic carbocycles. The molecule has 3 nitrogen and oxygen atoms in total. The Bertz CT molecular complexity index is 496. The van der Waals surface area contributed by atoms with E-state index >= 15 is 0 Å². The zero-order chi connectivity index (χ0) is 14.8. The summed E-state index contributed by atoms with van der Waals surface area (Å²) in [7, 11) is 0. The summed E-state index contributed by atoms with van der Waals surface area (Å²) in [6, 6.07) is 8.49. The lowest BCUT2D eigenvalue weighted by Gasteiger charge is -2.45. The molecule has 3 N–H and O–H groups in total. The van der Waals surface area contributed by atoms with Crippen LogP contribution in [0.15, 0.2) is 24.3 Å². The maximum absolute atomic E-state index is 11.6. The number of hydrogen-bond acceptors (Lipinski definition) is 2. The average Bonchev–Trinajstić information content (AvgIpc) is 2.41. The summed E-state index contributed by atoms with van der Waals surface area (Å²) in [6.07, 6.45) is 3.44. The van der Waals surface area contributed by atoms with Crippen LogP contribution in [0.1, 0.15) is 57.6 Å². The first kappa shape index (κ1) is 15.0. The minimum Gasteiger partial charge on any atom is -0.370 e. The third kappa shape index (κ3) is 2.73. The van der Waals surface area contributed by atoms with E-state index in [2.05, 4.69) is 50.4 Å². The fourth-order valence-electron chi connectivity index (χ4n) is 3.38. The number of nitrogens with two attached hydrogens (primary N) is 1. The summed E-state index contributed by atoms with van der Waals surface area (Å²) in [5.41, 5.74) is 8.00. The molecule has 110 valence electrons. The zero-order valence-electron chi connectivity index (χ0n) is 12.8. The van der Waals surface area contributed by atoms with Gasteiger partial charge in [-0.3, -0.25) is 4.79 Å². The molecule has 0 bridgehead atoms. The van der Waals surface area contributed by atoms with E-state index in [1.54, 1.807) is 0 Å². The highest BCUT2D eigenvalue weighted by molar-refractivity contribution is 5.76. The van der Waals surface area contributed by atoms with E-state index in [4.69, 9.17) is 5.73 Å². The van der Waals surface area contributed by atoms with Crippen LogP contribution in [-0.4, -0.2) is 12.5 Å². The van der Waals surface area contributed by atoms with Crippen LogP contribution in [0, 0.1) is 0 Å². The molecule has 1 aromatic carbocycles. The largest absolute Gasteiger partial charge is 0.370 e. The lowest BCUT2D eigenvalue weighted by molar-refractivity contribution is -0.119. The Balaban J connectivity index is 2.49. The number of amides is 1. The van der Waals surface area contributed by atoms with Crippen LogP contribution in [0.4, 0.5) is 0 Å². The summed E-state index contributed by atoms with van der Waals surface area (Å²) in [6.45, 7) is 7.60. The fraction of sp³-hybridized carbons (Fsp3) is 0.588. The molecule has 20 heavy (non-hydrogen) atoms. The van der Waals surface area contributed by atoms with Crippen LogP contribution >= 0.6 is 0 Å². The monoisotopic (exact) mass is 274 g/mol. The Morgan fingerprint density at radius 2 is 1.90 bits per heavy atom. The molecule has 0 spiro atoms. The molecule has 0 saturated heterocycles. The second-order valence-electron chi connectivity index (χ2n) is 6.58. The number of rotatable bonds is 5. The lowest BCUT2D eigenvalue weighted by atomic mass is 9.64. The SMILES string of the molecule is CCCNC1(CC(N)=O)CCC(C)(C)c2ccccc21. The number of nitrogens with one attached hydrogen (secondary N) is 1. The molecule has 1 amide bonds. The number of hydrogen-bond donors (Lipinski definition) is 2. The summed E-state index contributed by atoms with van der Waals surface area (Å²) < 4.78 is 0. The molecular formula is C17H26N2O. The summed E-state index contributed by atoms with van der Waals surface area (Å²) >= 11 is 0. The smallest absolute Gasteiger partial charge is 0.219 e. The van der Waals surface area contributed by atoms with Gasteiger partial charge in [-0.2, -0.15) is 0 Å². The first-order chi connectivity index (χ1) is 9.41. The maximum Gasteiger partial charge on any atom is 0.219 e. The van der Waals surface area contributed by atoms with Crippen molar-refractivity contribution in [2.75, 3.05) is 6.54 Å². The molecule has 1 aliphatic rings. The van der Waals surface area contributed by atoms with Crippen molar-refractivity contribution < 1.29 is 4.79 Å². The molecule has 0 saturated carbocycles. The maximum atomic E-state index is 11.6. The van der Waals surface area contributed by atoms with Crippen LogP contribution in [0.5, 0.6) is 0 Å². The highest BCUT2D eigenvalue weighted by atomic mass is 16.1. The first-order valence-electron chi connectivity index (χ1n) is 7.55. The van der Waals surface area contributed by atoms with Gasteiger partial charge in [0.15, 0.2) is 0 Å².